The standard InChI is InChI=1S/C14H18N2O3/c1-3-19-13-8-6-12(7-9-13)16(14(18)15-2)10-4-5-11-17/h5-9H,3-4,10H2,1-2H3,(H,15,18). The van der Waals surface area contributed by atoms with E-state index < -0.39 is 0 Å². The third-order valence-electron chi connectivity index (χ3n) is 2.50. The van der Waals surface area contributed by atoms with Gasteiger partial charge in [-0.3, -0.25) is 4.90 Å². The van der Waals surface area contributed by atoms with Crippen LogP contribution in [0.25, 0.3) is 0 Å². The molecule has 1 N–H and O–H groups in total. The van der Waals surface area contributed by atoms with Crippen molar-refractivity contribution in [2.75, 3.05) is 25.1 Å². The number of urea groups is 1. The minimum Gasteiger partial charge on any atom is -0.494 e. The number of benzene rings is 1. The predicted octanol–water partition coefficient (Wildman–Crippen LogP) is 2.01. The van der Waals surface area contributed by atoms with Gasteiger partial charge in [0, 0.05) is 25.4 Å². The zero-order valence-corrected chi connectivity index (χ0v) is 11.2. The van der Waals surface area contributed by atoms with Crippen LogP contribution in [0.3, 0.4) is 0 Å². The van der Waals surface area contributed by atoms with Gasteiger partial charge in [0.2, 0.25) is 0 Å². The summed E-state index contributed by atoms with van der Waals surface area (Å²) >= 11 is 0. The summed E-state index contributed by atoms with van der Waals surface area (Å²) in [6.07, 6.45) is 1.83. The normalized spacial score (nSPS) is 9.37. The number of hydrogen-bond donors (Lipinski definition) is 1. The molecule has 0 aliphatic heterocycles. The molecule has 1 aromatic carbocycles. The highest BCUT2D eigenvalue weighted by molar-refractivity contribution is 5.91. The first-order chi connectivity index (χ1) is 9.22. The number of hydrogen-bond acceptors (Lipinski definition) is 3. The minimum atomic E-state index is -0.219. The van der Waals surface area contributed by atoms with Crippen molar-refractivity contribution in [3.63, 3.8) is 0 Å². The molecule has 0 aliphatic carbocycles. The van der Waals surface area contributed by atoms with Crippen LogP contribution in [0.15, 0.2) is 30.3 Å². The lowest BCUT2D eigenvalue weighted by Crippen LogP contribution is -2.38. The summed E-state index contributed by atoms with van der Waals surface area (Å²) in [6, 6.07) is 7.02. The predicted molar refractivity (Wildman–Crippen MR) is 74.3 cm³/mol. The van der Waals surface area contributed by atoms with E-state index in [0.717, 1.165) is 11.4 Å². The largest absolute Gasteiger partial charge is 0.494 e. The van der Waals surface area contributed by atoms with Crippen molar-refractivity contribution < 1.29 is 14.3 Å². The summed E-state index contributed by atoms with van der Waals surface area (Å²) in [7, 11) is 1.57. The van der Waals surface area contributed by atoms with Crippen molar-refractivity contribution in [3.05, 3.63) is 30.3 Å². The van der Waals surface area contributed by atoms with E-state index in [1.165, 1.54) is 6.08 Å². The van der Waals surface area contributed by atoms with Crippen LogP contribution in [0, 0.1) is 0 Å². The maximum absolute atomic E-state index is 11.8. The molecule has 5 nitrogen and oxygen atoms in total. The van der Waals surface area contributed by atoms with Gasteiger partial charge < -0.3 is 10.1 Å². The third kappa shape index (κ3) is 4.48. The molecule has 1 rings (SSSR count). The molecule has 0 aliphatic rings. The SMILES string of the molecule is CCOc1ccc(N(CCC=C=O)C(=O)NC)cc1. The monoisotopic (exact) mass is 262 g/mol. The van der Waals surface area contributed by atoms with Gasteiger partial charge in [0.05, 0.1) is 6.61 Å². The van der Waals surface area contributed by atoms with Crippen molar-refractivity contribution in [3.8, 4) is 5.75 Å². The first-order valence-electron chi connectivity index (χ1n) is 6.14. The van der Waals surface area contributed by atoms with Gasteiger partial charge >= 0.3 is 6.03 Å². The van der Waals surface area contributed by atoms with Gasteiger partial charge in [0.1, 0.15) is 11.7 Å². The average molecular weight is 262 g/mol. The van der Waals surface area contributed by atoms with Crippen LogP contribution >= 0.6 is 0 Å². The molecule has 0 unspecified atom stereocenters. The highest BCUT2D eigenvalue weighted by Crippen LogP contribution is 2.20. The lowest BCUT2D eigenvalue weighted by Gasteiger charge is -2.21. The van der Waals surface area contributed by atoms with Crippen molar-refractivity contribution in [2.45, 2.75) is 13.3 Å². The number of anilines is 1. The Morgan fingerprint density at radius 1 is 1.42 bits per heavy atom. The molecule has 0 atom stereocenters. The molecule has 19 heavy (non-hydrogen) atoms. The fraction of sp³-hybridized carbons (Fsp3) is 0.357. The average Bonchev–Trinajstić information content (AvgIpc) is 2.44. The highest BCUT2D eigenvalue weighted by Gasteiger charge is 2.13. The molecule has 0 spiro atoms. The van der Waals surface area contributed by atoms with Gasteiger partial charge in [0.25, 0.3) is 0 Å². The van der Waals surface area contributed by atoms with Crippen LogP contribution < -0.4 is 15.0 Å². The molecular weight excluding hydrogens is 244 g/mol. The summed E-state index contributed by atoms with van der Waals surface area (Å²) in [6.45, 7) is 2.93. The number of nitrogens with zero attached hydrogens (tertiary/aromatic N) is 1. The Balaban J connectivity index is 2.83. The van der Waals surface area contributed by atoms with Crippen molar-refractivity contribution >= 4 is 17.7 Å². The third-order valence-corrected chi connectivity index (χ3v) is 2.50. The molecule has 102 valence electrons. The summed E-state index contributed by atoms with van der Waals surface area (Å²) in [5.74, 6) is 2.46. The van der Waals surface area contributed by atoms with Gasteiger partial charge in [-0.15, -0.1) is 0 Å². The summed E-state index contributed by atoms with van der Waals surface area (Å²) in [4.78, 5) is 23.5. The van der Waals surface area contributed by atoms with Crippen molar-refractivity contribution in [1.29, 1.82) is 0 Å². The molecule has 2 amide bonds. The second kappa shape index (κ2) is 7.95. The molecule has 0 saturated carbocycles. The number of ether oxygens (including phenoxy) is 1. The van der Waals surface area contributed by atoms with E-state index in [9.17, 15) is 9.59 Å². The van der Waals surface area contributed by atoms with Crippen LogP contribution in [0.4, 0.5) is 10.5 Å². The van der Waals surface area contributed by atoms with Crippen LogP contribution in [0.5, 0.6) is 5.75 Å². The lowest BCUT2D eigenvalue weighted by molar-refractivity contribution is 0.248. The molecule has 0 bridgehead atoms. The highest BCUT2D eigenvalue weighted by atomic mass is 16.5. The molecule has 5 heteroatoms. The van der Waals surface area contributed by atoms with Crippen molar-refractivity contribution in [2.24, 2.45) is 0 Å². The Kier molecular flexibility index (Phi) is 6.19. The molecule has 1 aromatic rings. The molecule has 0 saturated heterocycles. The van der Waals surface area contributed by atoms with Gasteiger partial charge in [0.15, 0.2) is 0 Å². The van der Waals surface area contributed by atoms with Crippen LogP contribution in [0.1, 0.15) is 13.3 Å². The fourth-order valence-corrected chi connectivity index (χ4v) is 1.62. The van der Waals surface area contributed by atoms with E-state index >= 15 is 0 Å². The number of amides is 2. The zero-order chi connectivity index (χ0) is 14.1. The molecule has 0 aromatic heterocycles. The quantitative estimate of drug-likeness (QED) is 0.798. The maximum Gasteiger partial charge on any atom is 0.321 e. The lowest BCUT2D eigenvalue weighted by atomic mass is 10.2. The molecule has 0 heterocycles. The van der Waals surface area contributed by atoms with E-state index in [0.29, 0.717) is 19.6 Å². The van der Waals surface area contributed by atoms with Crippen LogP contribution in [-0.2, 0) is 4.79 Å². The second-order valence-electron chi connectivity index (χ2n) is 3.74. The Morgan fingerprint density at radius 3 is 2.63 bits per heavy atom. The Labute approximate surface area is 112 Å². The van der Waals surface area contributed by atoms with E-state index in [2.05, 4.69) is 5.32 Å². The van der Waals surface area contributed by atoms with Gasteiger partial charge in [-0.05, 0) is 37.6 Å². The first-order valence-corrected chi connectivity index (χ1v) is 6.14. The second-order valence-corrected chi connectivity index (χ2v) is 3.74. The minimum absolute atomic E-state index is 0.219. The fourth-order valence-electron chi connectivity index (χ4n) is 1.62. The molecular formula is C14H18N2O3. The van der Waals surface area contributed by atoms with Crippen molar-refractivity contribution in [1.82, 2.24) is 5.32 Å². The van der Waals surface area contributed by atoms with Crippen LogP contribution in [-0.4, -0.2) is 32.2 Å². The number of carbonyl (C=O) groups is 1. The first kappa shape index (κ1) is 14.8. The van der Waals surface area contributed by atoms with E-state index in [-0.39, 0.29) is 6.03 Å². The van der Waals surface area contributed by atoms with E-state index in [1.54, 1.807) is 17.9 Å². The zero-order valence-electron chi connectivity index (χ0n) is 11.2. The smallest absolute Gasteiger partial charge is 0.321 e. The van der Waals surface area contributed by atoms with E-state index in [1.807, 2.05) is 31.2 Å². The van der Waals surface area contributed by atoms with E-state index in [4.69, 9.17) is 4.74 Å². The number of carbonyl (C=O) groups excluding carboxylic acids is 2. The van der Waals surface area contributed by atoms with Gasteiger partial charge in [-0.1, -0.05) is 0 Å². The summed E-state index contributed by atoms with van der Waals surface area (Å²) < 4.78 is 5.35. The van der Waals surface area contributed by atoms with Gasteiger partial charge in [-0.25, -0.2) is 9.59 Å². The molecule has 0 fully saturated rings. The topological polar surface area (TPSA) is 58.6 Å². The number of rotatable bonds is 6. The molecule has 0 radical (unpaired) electrons. The summed E-state index contributed by atoms with van der Waals surface area (Å²) in [5, 5.41) is 2.57. The van der Waals surface area contributed by atoms with Gasteiger partial charge in [-0.2, -0.15) is 0 Å². The maximum atomic E-state index is 11.8. The Bertz CT molecular complexity index is 450. The Morgan fingerprint density at radius 2 is 2.11 bits per heavy atom. The van der Waals surface area contributed by atoms with Crippen LogP contribution in [0.2, 0.25) is 0 Å². The Hall–Kier alpha value is -2.26. The summed E-state index contributed by atoms with van der Waals surface area (Å²) in [5.41, 5.74) is 0.752. The number of nitrogens with one attached hydrogen (secondary N) is 1.